The molecule has 0 bridgehead atoms. The van der Waals surface area contributed by atoms with Crippen LogP contribution in [0, 0.1) is 11.6 Å². The van der Waals surface area contributed by atoms with Crippen molar-refractivity contribution >= 4 is 22.7 Å². The van der Waals surface area contributed by atoms with Gasteiger partial charge in [-0.2, -0.15) is 0 Å². The van der Waals surface area contributed by atoms with E-state index in [-0.39, 0.29) is 11.9 Å². The van der Waals surface area contributed by atoms with Gasteiger partial charge < -0.3 is 20.1 Å². The first-order valence-electron chi connectivity index (χ1n) is 11.8. The predicted octanol–water partition coefficient (Wildman–Crippen LogP) is 4.24. The molecular weight excluding hydrogens is 440 g/mol. The average molecular weight is 470 g/mol. The molecule has 9 heteroatoms. The molecule has 0 atom stereocenters. The molecule has 1 aliphatic heterocycles. The highest BCUT2D eigenvalue weighted by Gasteiger charge is 2.28. The molecule has 34 heavy (non-hydrogen) atoms. The van der Waals surface area contributed by atoms with Crippen LogP contribution in [0.4, 0.5) is 20.4 Å². The molecule has 2 aromatic heterocycles. The lowest BCUT2D eigenvalue weighted by atomic mass is 10.0. The number of nitrogens with one attached hydrogen (secondary N) is 1. The van der Waals surface area contributed by atoms with Crippen LogP contribution in [0.25, 0.3) is 11.0 Å². The third-order valence-electron chi connectivity index (χ3n) is 6.05. The van der Waals surface area contributed by atoms with Crippen molar-refractivity contribution in [3.8, 4) is 5.75 Å². The Morgan fingerprint density at radius 3 is 2.53 bits per heavy atom. The predicted molar refractivity (Wildman–Crippen MR) is 126 cm³/mol. The summed E-state index contributed by atoms with van der Waals surface area (Å²) >= 11 is 0. The molecule has 1 aromatic carbocycles. The second-order valence-corrected chi connectivity index (χ2v) is 9.85. The number of aliphatic hydroxyl groups is 1. The Morgan fingerprint density at radius 1 is 1.09 bits per heavy atom. The number of ether oxygens (including phenoxy) is 1. The normalized spacial score (nSPS) is 17.3. The summed E-state index contributed by atoms with van der Waals surface area (Å²) in [5.41, 5.74) is 1.35. The maximum Gasteiger partial charge on any atom is 0.172 e. The van der Waals surface area contributed by atoms with Crippen molar-refractivity contribution in [2.24, 2.45) is 0 Å². The van der Waals surface area contributed by atoms with Gasteiger partial charge in [-0.05, 0) is 44.9 Å². The van der Waals surface area contributed by atoms with E-state index in [1.54, 1.807) is 20.0 Å². The van der Waals surface area contributed by atoms with Gasteiger partial charge in [-0.25, -0.2) is 18.7 Å². The largest absolute Gasteiger partial charge is 0.487 e. The summed E-state index contributed by atoms with van der Waals surface area (Å²) < 4.78 is 32.9. The number of anilines is 2. The first-order valence-corrected chi connectivity index (χ1v) is 11.8. The summed E-state index contributed by atoms with van der Waals surface area (Å²) in [5.74, 6) is 0.304. The molecule has 1 saturated heterocycles. The topological polar surface area (TPSA) is 83.4 Å². The molecule has 0 amide bonds. The number of aromatic nitrogens is 3. The summed E-state index contributed by atoms with van der Waals surface area (Å²) in [6.07, 6.45) is 5.57. The summed E-state index contributed by atoms with van der Waals surface area (Å²) in [6, 6.07) is 5.67. The lowest BCUT2D eigenvalue weighted by molar-refractivity contribution is 0.0800. The molecule has 180 valence electrons. The fourth-order valence-electron chi connectivity index (χ4n) is 4.21. The van der Waals surface area contributed by atoms with E-state index < -0.39 is 17.2 Å². The van der Waals surface area contributed by atoms with Gasteiger partial charge in [0.2, 0.25) is 0 Å². The minimum Gasteiger partial charge on any atom is -0.487 e. The molecular formula is C25H29F2N5O2. The quantitative estimate of drug-likeness (QED) is 0.536. The van der Waals surface area contributed by atoms with Gasteiger partial charge in [-0.1, -0.05) is 0 Å². The molecule has 1 saturated carbocycles. The molecule has 0 unspecified atom stereocenters. The number of fused-ring (bicyclic) bond motifs is 1. The van der Waals surface area contributed by atoms with Gasteiger partial charge >= 0.3 is 0 Å². The van der Waals surface area contributed by atoms with E-state index in [0.29, 0.717) is 43.9 Å². The maximum absolute atomic E-state index is 14.0. The Balaban J connectivity index is 1.34. The molecule has 1 aliphatic carbocycles. The van der Waals surface area contributed by atoms with Crippen molar-refractivity contribution in [1.82, 2.24) is 15.0 Å². The van der Waals surface area contributed by atoms with E-state index in [0.717, 1.165) is 41.8 Å². The smallest absolute Gasteiger partial charge is 0.172 e. The first-order chi connectivity index (χ1) is 16.2. The Bertz CT molecular complexity index is 1190. The van der Waals surface area contributed by atoms with Crippen molar-refractivity contribution in [2.75, 3.05) is 23.3 Å². The van der Waals surface area contributed by atoms with Gasteiger partial charge in [0, 0.05) is 50.2 Å². The van der Waals surface area contributed by atoms with Crippen LogP contribution in [0.2, 0.25) is 0 Å². The Labute approximate surface area is 197 Å². The fraction of sp³-hybridized carbons (Fsp3) is 0.480. The van der Waals surface area contributed by atoms with Crippen LogP contribution in [0.15, 0.2) is 30.5 Å². The molecule has 2 fully saturated rings. The summed E-state index contributed by atoms with van der Waals surface area (Å²) in [7, 11) is 0. The molecule has 0 radical (unpaired) electrons. The highest BCUT2D eigenvalue weighted by atomic mass is 19.1. The minimum atomic E-state index is -0.855. The zero-order valence-corrected chi connectivity index (χ0v) is 19.4. The molecule has 3 heterocycles. The van der Waals surface area contributed by atoms with Gasteiger partial charge in [0.1, 0.15) is 17.4 Å². The van der Waals surface area contributed by atoms with Crippen LogP contribution in [-0.4, -0.2) is 50.9 Å². The molecule has 3 aromatic rings. The third-order valence-corrected chi connectivity index (χ3v) is 6.05. The number of rotatable bonds is 7. The second-order valence-electron chi connectivity index (χ2n) is 9.85. The molecule has 7 nitrogen and oxygen atoms in total. The van der Waals surface area contributed by atoms with Crippen molar-refractivity contribution in [3.05, 3.63) is 47.8 Å². The SMILES string of the molecule is CC(C)(O)Cc1cc2nc(NC3CC3)c(N3CCC(Oc4ccc(F)cc4F)CC3)nc2cn1. The lowest BCUT2D eigenvalue weighted by Crippen LogP contribution is -2.39. The Morgan fingerprint density at radius 2 is 1.85 bits per heavy atom. The van der Waals surface area contributed by atoms with E-state index in [4.69, 9.17) is 14.7 Å². The van der Waals surface area contributed by atoms with Crippen LogP contribution in [0.1, 0.15) is 45.2 Å². The van der Waals surface area contributed by atoms with E-state index in [9.17, 15) is 13.9 Å². The van der Waals surface area contributed by atoms with Gasteiger partial charge in [0.25, 0.3) is 0 Å². The van der Waals surface area contributed by atoms with Crippen LogP contribution in [0.3, 0.4) is 0 Å². The van der Waals surface area contributed by atoms with Crippen LogP contribution >= 0.6 is 0 Å². The standard InChI is InChI=1S/C25H29F2N5O2/c1-25(2,33)13-17-12-20-21(14-28-17)31-24(23(30-20)29-16-4-5-16)32-9-7-18(8-10-32)34-22-6-3-15(26)11-19(22)27/h3,6,11-12,14,16,18,33H,4-5,7-10,13H2,1-2H3,(H,29,30). The van der Waals surface area contributed by atoms with Gasteiger partial charge in [-0.15, -0.1) is 0 Å². The second kappa shape index (κ2) is 8.94. The minimum absolute atomic E-state index is 0.0781. The third kappa shape index (κ3) is 5.35. The van der Waals surface area contributed by atoms with Crippen molar-refractivity contribution in [1.29, 1.82) is 0 Å². The highest BCUT2D eigenvalue weighted by molar-refractivity contribution is 5.80. The highest BCUT2D eigenvalue weighted by Crippen LogP contribution is 2.33. The Hall–Kier alpha value is -3.07. The van der Waals surface area contributed by atoms with Gasteiger partial charge in [0.15, 0.2) is 23.2 Å². The summed E-state index contributed by atoms with van der Waals surface area (Å²) in [6.45, 7) is 4.87. The van der Waals surface area contributed by atoms with Crippen LogP contribution in [0.5, 0.6) is 5.75 Å². The lowest BCUT2D eigenvalue weighted by Gasteiger charge is -2.33. The zero-order valence-electron chi connectivity index (χ0n) is 19.4. The number of nitrogens with zero attached hydrogens (tertiary/aromatic N) is 4. The van der Waals surface area contributed by atoms with Gasteiger partial charge in [0.05, 0.1) is 17.3 Å². The molecule has 5 rings (SSSR count). The number of hydrogen-bond donors (Lipinski definition) is 2. The summed E-state index contributed by atoms with van der Waals surface area (Å²) in [4.78, 5) is 16.4. The van der Waals surface area contributed by atoms with Crippen molar-refractivity contribution < 1.29 is 18.6 Å². The van der Waals surface area contributed by atoms with Crippen molar-refractivity contribution in [3.63, 3.8) is 0 Å². The van der Waals surface area contributed by atoms with E-state index in [1.165, 1.54) is 12.1 Å². The Kier molecular flexibility index (Phi) is 5.97. The number of piperidine rings is 1. The van der Waals surface area contributed by atoms with E-state index in [1.807, 2.05) is 6.07 Å². The molecule has 0 spiro atoms. The fourth-order valence-corrected chi connectivity index (χ4v) is 4.21. The number of benzene rings is 1. The maximum atomic E-state index is 14.0. The average Bonchev–Trinajstić information content (AvgIpc) is 3.59. The molecule has 2 N–H and O–H groups in total. The van der Waals surface area contributed by atoms with Crippen molar-refractivity contribution in [2.45, 2.75) is 63.7 Å². The number of pyridine rings is 1. The zero-order chi connectivity index (χ0) is 23.9. The van der Waals surface area contributed by atoms with Gasteiger partial charge in [-0.3, -0.25) is 4.98 Å². The molecule has 2 aliphatic rings. The summed E-state index contributed by atoms with van der Waals surface area (Å²) in [5, 5.41) is 13.6. The first kappa shape index (κ1) is 22.7. The van der Waals surface area contributed by atoms with Crippen LogP contribution in [-0.2, 0) is 6.42 Å². The monoisotopic (exact) mass is 469 g/mol. The van der Waals surface area contributed by atoms with E-state index >= 15 is 0 Å². The number of halogens is 2. The number of hydrogen-bond acceptors (Lipinski definition) is 7. The van der Waals surface area contributed by atoms with E-state index in [2.05, 4.69) is 15.2 Å². The van der Waals surface area contributed by atoms with Crippen LogP contribution < -0.4 is 15.0 Å².